The average Bonchev–Trinajstić information content (AvgIpc) is 3.15. The van der Waals surface area contributed by atoms with Crippen LogP contribution in [0.4, 0.5) is 0 Å². The van der Waals surface area contributed by atoms with Crippen LogP contribution in [0.3, 0.4) is 0 Å². The average molecular weight is 751 g/mol. The van der Waals surface area contributed by atoms with E-state index in [9.17, 15) is 14.4 Å². The van der Waals surface area contributed by atoms with Gasteiger partial charge in [0, 0.05) is 19.3 Å². The van der Waals surface area contributed by atoms with Crippen molar-refractivity contribution >= 4 is 17.9 Å². The smallest absolute Gasteiger partial charge is 0.306 e. The summed E-state index contributed by atoms with van der Waals surface area (Å²) in [6.45, 7) is 6.58. The van der Waals surface area contributed by atoms with Crippen LogP contribution in [-0.4, -0.2) is 37.2 Å². The van der Waals surface area contributed by atoms with Gasteiger partial charge in [-0.1, -0.05) is 226 Å². The van der Waals surface area contributed by atoms with Crippen LogP contribution >= 0.6 is 0 Å². The Bertz CT molecular complexity index is 783. The van der Waals surface area contributed by atoms with Crippen LogP contribution in [0.25, 0.3) is 0 Å². The van der Waals surface area contributed by atoms with Crippen LogP contribution in [0.1, 0.15) is 265 Å². The summed E-state index contributed by atoms with van der Waals surface area (Å²) in [6.07, 6.45) is 44.0. The largest absolute Gasteiger partial charge is 0.462 e. The summed E-state index contributed by atoms with van der Waals surface area (Å²) in [4.78, 5) is 37.5. The molecule has 0 rings (SSSR count). The molecule has 0 unspecified atom stereocenters. The zero-order valence-corrected chi connectivity index (χ0v) is 35.8. The molecule has 0 saturated carbocycles. The molecule has 0 amide bonds. The molecule has 6 nitrogen and oxygen atoms in total. The van der Waals surface area contributed by atoms with Crippen molar-refractivity contribution < 1.29 is 28.6 Å². The van der Waals surface area contributed by atoms with E-state index in [1.54, 1.807) is 0 Å². The third-order valence-corrected chi connectivity index (χ3v) is 10.6. The van der Waals surface area contributed by atoms with E-state index in [0.29, 0.717) is 19.3 Å². The molecule has 0 aromatic heterocycles. The van der Waals surface area contributed by atoms with Crippen LogP contribution in [-0.2, 0) is 28.6 Å². The van der Waals surface area contributed by atoms with Crippen LogP contribution in [0.2, 0.25) is 0 Å². The number of esters is 3. The molecule has 0 aliphatic heterocycles. The fourth-order valence-corrected chi connectivity index (χ4v) is 7.03. The highest BCUT2D eigenvalue weighted by atomic mass is 16.6. The van der Waals surface area contributed by atoms with Gasteiger partial charge in [-0.25, -0.2) is 0 Å². The van der Waals surface area contributed by atoms with E-state index in [1.165, 1.54) is 161 Å². The zero-order chi connectivity index (χ0) is 38.7. The SMILES string of the molecule is CCCCCCCCCCCCCCCCCC(=O)OC[C@@H](COC(=O)CCCCCCC)OC(=O)CCCCCCCCCCCCCCCCC. The molecule has 0 fully saturated rings. The second kappa shape index (κ2) is 43.1. The van der Waals surface area contributed by atoms with Crippen LogP contribution in [0.15, 0.2) is 0 Å². The van der Waals surface area contributed by atoms with E-state index in [1.807, 2.05) is 0 Å². The molecule has 0 saturated heterocycles. The molecule has 0 aromatic carbocycles. The maximum atomic E-state index is 12.7. The van der Waals surface area contributed by atoms with E-state index < -0.39 is 6.10 Å². The topological polar surface area (TPSA) is 78.9 Å². The van der Waals surface area contributed by atoms with E-state index >= 15 is 0 Å². The summed E-state index contributed by atoms with van der Waals surface area (Å²) < 4.78 is 16.6. The van der Waals surface area contributed by atoms with Crippen molar-refractivity contribution in [3.63, 3.8) is 0 Å². The highest BCUT2D eigenvalue weighted by molar-refractivity contribution is 5.71. The quantitative estimate of drug-likeness (QED) is 0.0351. The lowest BCUT2D eigenvalue weighted by Crippen LogP contribution is -2.30. The lowest BCUT2D eigenvalue weighted by molar-refractivity contribution is -0.167. The molecule has 0 spiro atoms. The second-order valence-electron chi connectivity index (χ2n) is 16.0. The fourth-order valence-electron chi connectivity index (χ4n) is 7.03. The first kappa shape index (κ1) is 51.4. The van der Waals surface area contributed by atoms with Crippen molar-refractivity contribution in [2.24, 2.45) is 0 Å². The molecule has 0 bridgehead atoms. The monoisotopic (exact) mass is 751 g/mol. The predicted octanol–water partition coefficient (Wildman–Crippen LogP) is 14.9. The predicted molar refractivity (Wildman–Crippen MR) is 224 cm³/mol. The molecule has 1 atom stereocenters. The second-order valence-corrected chi connectivity index (χ2v) is 16.0. The number of hydrogen-bond acceptors (Lipinski definition) is 6. The van der Waals surface area contributed by atoms with E-state index in [2.05, 4.69) is 20.8 Å². The number of unbranched alkanes of at least 4 members (excludes halogenated alkanes) is 32. The fraction of sp³-hybridized carbons (Fsp3) is 0.936. The standard InChI is InChI=1S/C47H90O6/c1-4-7-10-13-15-17-19-21-23-25-27-29-31-34-37-40-46(49)52-43-44(42-51-45(48)39-36-33-12-9-6-3)53-47(50)41-38-35-32-30-28-26-24-22-20-18-16-14-11-8-5-2/h44H,4-43H2,1-3H3/t44-/m1/s1. The van der Waals surface area contributed by atoms with Gasteiger partial charge in [0.25, 0.3) is 0 Å². The maximum absolute atomic E-state index is 12.7. The Morgan fingerprint density at radius 2 is 0.509 bits per heavy atom. The zero-order valence-electron chi connectivity index (χ0n) is 35.8. The minimum absolute atomic E-state index is 0.0635. The molecule has 6 heteroatoms. The molecule has 314 valence electrons. The van der Waals surface area contributed by atoms with Crippen molar-refractivity contribution in [1.29, 1.82) is 0 Å². The highest BCUT2D eigenvalue weighted by Crippen LogP contribution is 2.16. The van der Waals surface area contributed by atoms with Gasteiger partial charge >= 0.3 is 17.9 Å². The Kier molecular flexibility index (Phi) is 41.8. The van der Waals surface area contributed by atoms with E-state index in [-0.39, 0.29) is 31.1 Å². The van der Waals surface area contributed by atoms with Crippen molar-refractivity contribution in [3.8, 4) is 0 Å². The number of rotatable bonds is 43. The minimum atomic E-state index is -0.757. The summed E-state index contributed by atoms with van der Waals surface area (Å²) in [6, 6.07) is 0. The Morgan fingerprint density at radius 1 is 0.302 bits per heavy atom. The summed E-state index contributed by atoms with van der Waals surface area (Å²) in [7, 11) is 0. The van der Waals surface area contributed by atoms with Crippen LogP contribution in [0.5, 0.6) is 0 Å². The van der Waals surface area contributed by atoms with E-state index in [4.69, 9.17) is 14.2 Å². The summed E-state index contributed by atoms with van der Waals surface area (Å²) in [5.41, 5.74) is 0. The lowest BCUT2D eigenvalue weighted by atomic mass is 10.0. The first-order valence-corrected chi connectivity index (χ1v) is 23.5. The van der Waals surface area contributed by atoms with Crippen molar-refractivity contribution in [2.75, 3.05) is 13.2 Å². The minimum Gasteiger partial charge on any atom is -0.462 e. The molecule has 0 heterocycles. The lowest BCUT2D eigenvalue weighted by Gasteiger charge is -2.18. The normalized spacial score (nSPS) is 11.8. The van der Waals surface area contributed by atoms with Gasteiger partial charge in [-0.15, -0.1) is 0 Å². The number of hydrogen-bond donors (Lipinski definition) is 0. The Labute approximate surface area is 329 Å². The van der Waals surface area contributed by atoms with Gasteiger partial charge in [0.05, 0.1) is 0 Å². The summed E-state index contributed by atoms with van der Waals surface area (Å²) >= 11 is 0. The van der Waals surface area contributed by atoms with E-state index in [0.717, 1.165) is 64.2 Å². The molecule has 0 N–H and O–H groups in total. The van der Waals surface area contributed by atoms with Gasteiger partial charge in [0.2, 0.25) is 0 Å². The van der Waals surface area contributed by atoms with Gasteiger partial charge in [-0.05, 0) is 19.3 Å². The van der Waals surface area contributed by atoms with Gasteiger partial charge in [-0.3, -0.25) is 14.4 Å². The molecule has 0 aliphatic carbocycles. The van der Waals surface area contributed by atoms with Gasteiger partial charge in [0.15, 0.2) is 6.10 Å². The number of carbonyl (C=O) groups excluding carboxylic acids is 3. The van der Waals surface area contributed by atoms with Crippen LogP contribution < -0.4 is 0 Å². The van der Waals surface area contributed by atoms with Gasteiger partial charge in [0.1, 0.15) is 13.2 Å². The molecule has 0 radical (unpaired) electrons. The molecular weight excluding hydrogens is 661 g/mol. The maximum Gasteiger partial charge on any atom is 0.306 e. The Morgan fingerprint density at radius 3 is 0.755 bits per heavy atom. The van der Waals surface area contributed by atoms with Crippen molar-refractivity contribution in [1.82, 2.24) is 0 Å². The van der Waals surface area contributed by atoms with Gasteiger partial charge in [-0.2, -0.15) is 0 Å². The third-order valence-electron chi connectivity index (χ3n) is 10.6. The van der Waals surface area contributed by atoms with Crippen LogP contribution in [0, 0.1) is 0 Å². The highest BCUT2D eigenvalue weighted by Gasteiger charge is 2.19. The number of ether oxygens (including phenoxy) is 3. The Hall–Kier alpha value is -1.59. The third kappa shape index (κ3) is 41.4. The van der Waals surface area contributed by atoms with Gasteiger partial charge < -0.3 is 14.2 Å². The molecule has 0 aromatic rings. The Balaban J connectivity index is 4.15. The first-order chi connectivity index (χ1) is 26.0. The number of carbonyl (C=O) groups is 3. The molecular formula is C47H90O6. The summed E-state index contributed by atoms with van der Waals surface area (Å²) in [5, 5.41) is 0. The molecule has 0 aliphatic rings. The molecule has 53 heavy (non-hydrogen) atoms. The summed E-state index contributed by atoms with van der Waals surface area (Å²) in [5.74, 6) is -0.863. The first-order valence-electron chi connectivity index (χ1n) is 23.5. The van der Waals surface area contributed by atoms with Crippen molar-refractivity contribution in [2.45, 2.75) is 271 Å². The van der Waals surface area contributed by atoms with Crippen molar-refractivity contribution in [3.05, 3.63) is 0 Å².